The van der Waals surface area contributed by atoms with Gasteiger partial charge in [0.05, 0.1) is 25.1 Å². The number of aliphatic hydroxyl groups excluding tert-OH is 1. The van der Waals surface area contributed by atoms with Gasteiger partial charge in [0.2, 0.25) is 6.29 Å². The van der Waals surface area contributed by atoms with E-state index >= 15 is 0 Å². The molecule has 1 fully saturated rings. The molecule has 6 atom stereocenters. The Balaban J connectivity index is 2.50. The maximum absolute atomic E-state index is 10.7. The van der Waals surface area contributed by atoms with Gasteiger partial charge < -0.3 is 28.8 Å². The third kappa shape index (κ3) is 8.78. The summed E-state index contributed by atoms with van der Waals surface area (Å²) in [7, 11) is 3.35. The molecule has 0 aromatic rings. The second-order valence-electron chi connectivity index (χ2n) is 7.64. The molecule has 1 N–H and O–H groups in total. The SMILES string of the molecule is C/C=C\O[C@H]1O[C@H](COC)[C@@H](O)[C@H](OCC[C@@H](CCCCCCC)OC)[C@H]1C. The van der Waals surface area contributed by atoms with Crippen LogP contribution in [0.1, 0.15) is 65.7 Å². The van der Waals surface area contributed by atoms with Crippen molar-refractivity contribution < 1.29 is 28.8 Å². The number of allylic oxidation sites excluding steroid dienone is 1. The second kappa shape index (κ2) is 15.2. The molecule has 1 saturated heterocycles. The van der Waals surface area contributed by atoms with E-state index in [1.54, 1.807) is 20.5 Å². The number of ether oxygens (including phenoxy) is 5. The fourth-order valence-electron chi connectivity index (χ4n) is 3.61. The third-order valence-electron chi connectivity index (χ3n) is 5.37. The quantitative estimate of drug-likeness (QED) is 0.329. The van der Waals surface area contributed by atoms with Gasteiger partial charge >= 0.3 is 0 Å². The molecule has 0 aromatic heterocycles. The minimum atomic E-state index is -0.754. The number of hydrogen-bond acceptors (Lipinski definition) is 6. The Hall–Kier alpha value is -0.660. The Kier molecular flexibility index (Phi) is 13.8. The molecule has 0 spiro atoms. The van der Waals surface area contributed by atoms with Crippen molar-refractivity contribution in [2.75, 3.05) is 27.4 Å². The van der Waals surface area contributed by atoms with Crippen LogP contribution >= 0.6 is 0 Å². The number of rotatable bonds is 15. The van der Waals surface area contributed by atoms with Crippen LogP contribution in [0.5, 0.6) is 0 Å². The largest absolute Gasteiger partial charge is 0.472 e. The Morgan fingerprint density at radius 1 is 1.11 bits per heavy atom. The van der Waals surface area contributed by atoms with E-state index in [0.29, 0.717) is 13.2 Å². The molecule has 0 bridgehead atoms. The average Bonchev–Trinajstić information content (AvgIpc) is 2.70. The number of unbranched alkanes of at least 4 members (excludes halogenated alkanes) is 4. The van der Waals surface area contributed by atoms with Gasteiger partial charge in [-0.15, -0.1) is 0 Å². The zero-order valence-electron chi connectivity index (χ0n) is 18.5. The van der Waals surface area contributed by atoms with Crippen LogP contribution in [0.15, 0.2) is 12.3 Å². The molecule has 28 heavy (non-hydrogen) atoms. The highest BCUT2D eigenvalue weighted by Crippen LogP contribution is 2.30. The van der Waals surface area contributed by atoms with Crippen LogP contribution in [0.4, 0.5) is 0 Å². The van der Waals surface area contributed by atoms with Gasteiger partial charge in [-0.3, -0.25) is 0 Å². The molecule has 0 aromatic carbocycles. The van der Waals surface area contributed by atoms with E-state index in [-0.39, 0.29) is 18.1 Å². The maximum atomic E-state index is 10.7. The molecule has 6 heteroatoms. The predicted octanol–water partition coefficient (Wildman–Crippen LogP) is 4.06. The van der Waals surface area contributed by atoms with Gasteiger partial charge in [0.25, 0.3) is 0 Å². The Bertz CT molecular complexity index is 402. The summed E-state index contributed by atoms with van der Waals surface area (Å²) in [4.78, 5) is 0. The van der Waals surface area contributed by atoms with Gasteiger partial charge in [0.1, 0.15) is 12.2 Å². The molecule has 6 nitrogen and oxygen atoms in total. The molecular weight excluding hydrogens is 360 g/mol. The van der Waals surface area contributed by atoms with Crippen molar-refractivity contribution in [2.45, 2.75) is 96.4 Å². The van der Waals surface area contributed by atoms with E-state index in [0.717, 1.165) is 12.8 Å². The highest BCUT2D eigenvalue weighted by Gasteiger charge is 2.44. The lowest BCUT2D eigenvalue weighted by molar-refractivity contribution is -0.277. The molecule has 0 aliphatic carbocycles. The Morgan fingerprint density at radius 2 is 1.86 bits per heavy atom. The van der Waals surface area contributed by atoms with E-state index in [9.17, 15) is 5.11 Å². The highest BCUT2D eigenvalue weighted by molar-refractivity contribution is 4.89. The first-order valence-electron chi connectivity index (χ1n) is 10.8. The van der Waals surface area contributed by atoms with Crippen molar-refractivity contribution >= 4 is 0 Å². The number of aliphatic hydroxyl groups is 1. The van der Waals surface area contributed by atoms with Gasteiger partial charge in [-0.1, -0.05) is 52.0 Å². The summed E-state index contributed by atoms with van der Waals surface area (Å²) in [6.07, 6.45) is 9.71. The topological polar surface area (TPSA) is 66.4 Å². The van der Waals surface area contributed by atoms with Crippen LogP contribution in [-0.2, 0) is 23.7 Å². The molecule has 0 unspecified atom stereocenters. The number of hydrogen-bond donors (Lipinski definition) is 1. The van der Waals surface area contributed by atoms with Crippen molar-refractivity contribution in [3.63, 3.8) is 0 Å². The normalized spacial score (nSPS) is 29.3. The molecule has 1 rings (SSSR count). The molecule has 0 saturated carbocycles. The van der Waals surface area contributed by atoms with E-state index in [4.69, 9.17) is 23.7 Å². The fraction of sp³-hybridized carbons (Fsp3) is 0.909. The predicted molar refractivity (Wildman–Crippen MR) is 110 cm³/mol. The highest BCUT2D eigenvalue weighted by atomic mass is 16.7. The summed E-state index contributed by atoms with van der Waals surface area (Å²) in [5.74, 6) is -0.102. The lowest BCUT2D eigenvalue weighted by Gasteiger charge is -2.42. The Morgan fingerprint density at radius 3 is 2.50 bits per heavy atom. The molecule has 0 amide bonds. The van der Waals surface area contributed by atoms with Gasteiger partial charge in [-0.25, -0.2) is 0 Å². The van der Waals surface area contributed by atoms with Gasteiger partial charge in [0, 0.05) is 26.7 Å². The van der Waals surface area contributed by atoms with Crippen LogP contribution in [0.2, 0.25) is 0 Å². The molecular formula is C22H42O6. The van der Waals surface area contributed by atoms with Crippen molar-refractivity contribution in [3.05, 3.63) is 12.3 Å². The Labute approximate surface area is 171 Å². The van der Waals surface area contributed by atoms with Crippen LogP contribution < -0.4 is 0 Å². The molecule has 166 valence electrons. The third-order valence-corrected chi connectivity index (χ3v) is 5.37. The van der Waals surface area contributed by atoms with Gasteiger partial charge in [-0.05, 0) is 19.8 Å². The minimum absolute atomic E-state index is 0.102. The first-order valence-corrected chi connectivity index (χ1v) is 10.8. The summed E-state index contributed by atoms with van der Waals surface area (Å²) in [6.45, 7) is 6.92. The monoisotopic (exact) mass is 402 g/mol. The van der Waals surface area contributed by atoms with E-state index in [2.05, 4.69) is 6.92 Å². The van der Waals surface area contributed by atoms with Crippen LogP contribution in [0, 0.1) is 5.92 Å². The van der Waals surface area contributed by atoms with Gasteiger partial charge in [0.15, 0.2) is 0 Å². The van der Waals surface area contributed by atoms with Crippen molar-refractivity contribution in [1.82, 2.24) is 0 Å². The zero-order valence-corrected chi connectivity index (χ0v) is 18.5. The van der Waals surface area contributed by atoms with Crippen LogP contribution in [0.25, 0.3) is 0 Å². The molecule has 0 radical (unpaired) electrons. The van der Waals surface area contributed by atoms with Crippen LogP contribution in [-0.4, -0.2) is 63.2 Å². The maximum Gasteiger partial charge on any atom is 0.204 e. The number of methoxy groups -OCH3 is 2. The minimum Gasteiger partial charge on any atom is -0.472 e. The van der Waals surface area contributed by atoms with Crippen molar-refractivity contribution in [1.29, 1.82) is 0 Å². The van der Waals surface area contributed by atoms with E-state index in [1.165, 1.54) is 32.1 Å². The first-order chi connectivity index (χ1) is 13.6. The molecule has 1 aliphatic rings. The van der Waals surface area contributed by atoms with E-state index < -0.39 is 18.5 Å². The van der Waals surface area contributed by atoms with E-state index in [1.807, 2.05) is 19.9 Å². The lowest BCUT2D eigenvalue weighted by Crippen LogP contribution is -2.56. The smallest absolute Gasteiger partial charge is 0.204 e. The summed E-state index contributed by atoms with van der Waals surface area (Å²) >= 11 is 0. The van der Waals surface area contributed by atoms with Crippen molar-refractivity contribution in [2.24, 2.45) is 5.92 Å². The molecule has 1 aliphatic heterocycles. The van der Waals surface area contributed by atoms with Crippen molar-refractivity contribution in [3.8, 4) is 0 Å². The zero-order chi connectivity index (χ0) is 20.8. The van der Waals surface area contributed by atoms with Crippen LogP contribution in [0.3, 0.4) is 0 Å². The fourth-order valence-corrected chi connectivity index (χ4v) is 3.61. The molecule has 1 heterocycles. The summed E-state index contributed by atoms with van der Waals surface area (Å²) in [6, 6.07) is 0. The van der Waals surface area contributed by atoms with Gasteiger partial charge in [-0.2, -0.15) is 0 Å². The first kappa shape index (κ1) is 25.4. The lowest BCUT2D eigenvalue weighted by atomic mass is 9.92. The average molecular weight is 403 g/mol. The summed E-state index contributed by atoms with van der Waals surface area (Å²) < 4.78 is 28.4. The summed E-state index contributed by atoms with van der Waals surface area (Å²) in [5.41, 5.74) is 0. The second-order valence-corrected chi connectivity index (χ2v) is 7.64. The summed E-state index contributed by atoms with van der Waals surface area (Å²) in [5, 5.41) is 10.7. The standard InChI is InChI=1S/C22H42O6/c1-6-8-9-10-11-12-18(25-5)13-15-26-21-17(3)22(27-14-7-2)28-19(16-24-4)20(21)23/h7,14,17-23H,6,8-13,15-16H2,1-5H3/b14-7-/t17-,18-,19-,20-,21-,22+/m1/s1.